The van der Waals surface area contributed by atoms with Crippen LogP contribution in [0.25, 0.3) is 0 Å². The van der Waals surface area contributed by atoms with E-state index in [1.54, 1.807) is 0 Å². The molecule has 0 amide bonds. The van der Waals surface area contributed by atoms with Crippen molar-refractivity contribution in [3.05, 3.63) is 34.9 Å². The van der Waals surface area contributed by atoms with Crippen LogP contribution in [0.3, 0.4) is 0 Å². The Balaban J connectivity index is 1.74. The van der Waals surface area contributed by atoms with Crippen LogP contribution in [0.15, 0.2) is 24.3 Å². The highest BCUT2D eigenvalue weighted by Gasteiger charge is 2.15. The molecule has 0 aromatic heterocycles. The van der Waals surface area contributed by atoms with Crippen LogP contribution in [-0.4, -0.2) is 12.6 Å². The number of nitrogens with one attached hydrogen (secondary N) is 1. The Morgan fingerprint density at radius 3 is 2.82 bits per heavy atom. The Kier molecular flexibility index (Phi) is 4.87. The van der Waals surface area contributed by atoms with Crippen LogP contribution in [-0.2, 0) is 6.42 Å². The van der Waals surface area contributed by atoms with Crippen molar-refractivity contribution in [2.45, 2.75) is 45.1 Å². The summed E-state index contributed by atoms with van der Waals surface area (Å²) in [6.45, 7) is 3.44. The average molecular weight is 252 g/mol. The van der Waals surface area contributed by atoms with Crippen LogP contribution in [0.4, 0.5) is 0 Å². The van der Waals surface area contributed by atoms with Gasteiger partial charge in [0.2, 0.25) is 0 Å². The molecule has 0 saturated heterocycles. The molecule has 1 N–H and O–H groups in total. The molecule has 1 saturated carbocycles. The summed E-state index contributed by atoms with van der Waals surface area (Å²) in [6.07, 6.45) is 6.74. The van der Waals surface area contributed by atoms with Crippen molar-refractivity contribution in [3.8, 4) is 0 Å². The van der Waals surface area contributed by atoms with Gasteiger partial charge < -0.3 is 5.32 Å². The molecule has 94 valence electrons. The summed E-state index contributed by atoms with van der Waals surface area (Å²) in [7, 11) is 0. The molecule has 1 aromatic rings. The molecule has 0 spiro atoms. The van der Waals surface area contributed by atoms with Crippen molar-refractivity contribution in [1.82, 2.24) is 5.32 Å². The number of hydrogen-bond donors (Lipinski definition) is 1. The minimum absolute atomic E-state index is 0.536. The molecule has 1 aromatic carbocycles. The van der Waals surface area contributed by atoms with E-state index < -0.39 is 0 Å². The summed E-state index contributed by atoms with van der Waals surface area (Å²) in [5.41, 5.74) is 1.32. The van der Waals surface area contributed by atoms with E-state index in [1.807, 2.05) is 12.1 Å². The van der Waals surface area contributed by atoms with Gasteiger partial charge in [-0.3, -0.25) is 0 Å². The highest BCUT2D eigenvalue weighted by molar-refractivity contribution is 6.30. The monoisotopic (exact) mass is 251 g/mol. The van der Waals surface area contributed by atoms with Crippen molar-refractivity contribution >= 4 is 11.6 Å². The quantitative estimate of drug-likeness (QED) is 0.833. The predicted octanol–water partition coefficient (Wildman–Crippen LogP) is 4.05. The molecule has 0 bridgehead atoms. The molecule has 0 radical (unpaired) electrons. The van der Waals surface area contributed by atoms with Crippen molar-refractivity contribution in [2.24, 2.45) is 5.92 Å². The summed E-state index contributed by atoms with van der Waals surface area (Å²) in [5, 5.41) is 4.49. The standard InChI is InChI=1S/C15H22ClN/c1-12(17-11-13-5-2-3-6-13)9-14-7-4-8-15(16)10-14/h4,7-8,10,12-13,17H,2-3,5-6,9,11H2,1H3. The highest BCUT2D eigenvalue weighted by Crippen LogP contribution is 2.23. The molecular weight excluding hydrogens is 230 g/mol. The molecule has 1 aliphatic rings. The molecule has 0 heterocycles. The molecule has 17 heavy (non-hydrogen) atoms. The summed E-state index contributed by atoms with van der Waals surface area (Å²) in [4.78, 5) is 0. The lowest BCUT2D eigenvalue weighted by Crippen LogP contribution is -2.32. The van der Waals surface area contributed by atoms with Gasteiger partial charge in [-0.25, -0.2) is 0 Å². The number of hydrogen-bond acceptors (Lipinski definition) is 1. The fraction of sp³-hybridized carbons (Fsp3) is 0.600. The average Bonchev–Trinajstić information content (AvgIpc) is 2.79. The number of benzene rings is 1. The van der Waals surface area contributed by atoms with Gasteiger partial charge in [-0.15, -0.1) is 0 Å². The molecule has 0 aliphatic heterocycles. The zero-order chi connectivity index (χ0) is 12.1. The van der Waals surface area contributed by atoms with E-state index in [0.29, 0.717) is 6.04 Å². The lowest BCUT2D eigenvalue weighted by atomic mass is 10.1. The van der Waals surface area contributed by atoms with Gasteiger partial charge in [0.05, 0.1) is 0 Å². The van der Waals surface area contributed by atoms with Gasteiger partial charge in [-0.2, -0.15) is 0 Å². The summed E-state index contributed by atoms with van der Waals surface area (Å²) in [5.74, 6) is 0.914. The Labute approximate surface area is 110 Å². The smallest absolute Gasteiger partial charge is 0.0408 e. The minimum atomic E-state index is 0.536. The molecular formula is C15H22ClN. The summed E-state index contributed by atoms with van der Waals surface area (Å²) >= 11 is 5.99. The zero-order valence-electron chi connectivity index (χ0n) is 10.6. The van der Waals surface area contributed by atoms with Crippen LogP contribution in [0, 0.1) is 5.92 Å². The molecule has 1 atom stereocenters. The molecule has 1 fully saturated rings. The Morgan fingerprint density at radius 1 is 1.35 bits per heavy atom. The lowest BCUT2D eigenvalue weighted by molar-refractivity contribution is 0.444. The van der Waals surface area contributed by atoms with Crippen LogP contribution in [0.5, 0.6) is 0 Å². The van der Waals surface area contributed by atoms with E-state index >= 15 is 0 Å². The molecule has 1 aliphatic carbocycles. The first kappa shape index (κ1) is 12.9. The van der Waals surface area contributed by atoms with E-state index in [1.165, 1.54) is 37.8 Å². The maximum Gasteiger partial charge on any atom is 0.0408 e. The molecule has 1 unspecified atom stereocenters. The zero-order valence-corrected chi connectivity index (χ0v) is 11.3. The topological polar surface area (TPSA) is 12.0 Å². The first-order valence-corrected chi connectivity index (χ1v) is 7.09. The normalized spacial score (nSPS) is 18.5. The Morgan fingerprint density at radius 2 is 2.12 bits per heavy atom. The van der Waals surface area contributed by atoms with Crippen molar-refractivity contribution in [2.75, 3.05) is 6.54 Å². The third-order valence-electron chi connectivity index (χ3n) is 3.66. The molecule has 2 rings (SSSR count). The van der Waals surface area contributed by atoms with Crippen LogP contribution in [0.2, 0.25) is 5.02 Å². The van der Waals surface area contributed by atoms with Gasteiger partial charge in [-0.05, 0) is 56.3 Å². The lowest BCUT2D eigenvalue weighted by Gasteiger charge is -2.17. The third kappa shape index (κ3) is 4.33. The van der Waals surface area contributed by atoms with Gasteiger partial charge >= 0.3 is 0 Å². The molecule has 1 nitrogen and oxygen atoms in total. The second-order valence-corrected chi connectivity index (χ2v) is 5.73. The van der Waals surface area contributed by atoms with Crippen molar-refractivity contribution < 1.29 is 0 Å². The van der Waals surface area contributed by atoms with Crippen LogP contribution in [0.1, 0.15) is 38.2 Å². The van der Waals surface area contributed by atoms with Crippen LogP contribution >= 0.6 is 11.6 Å². The third-order valence-corrected chi connectivity index (χ3v) is 3.90. The minimum Gasteiger partial charge on any atom is -0.314 e. The van der Waals surface area contributed by atoms with E-state index in [4.69, 9.17) is 11.6 Å². The Bertz CT molecular complexity index is 345. The van der Waals surface area contributed by atoms with Crippen LogP contribution < -0.4 is 5.32 Å². The summed E-state index contributed by atoms with van der Waals surface area (Å²) < 4.78 is 0. The first-order chi connectivity index (χ1) is 8.24. The number of halogens is 1. The van der Waals surface area contributed by atoms with Crippen molar-refractivity contribution in [3.63, 3.8) is 0 Å². The second-order valence-electron chi connectivity index (χ2n) is 5.29. The van der Waals surface area contributed by atoms with Crippen molar-refractivity contribution in [1.29, 1.82) is 0 Å². The maximum atomic E-state index is 5.99. The van der Waals surface area contributed by atoms with Gasteiger partial charge in [0.1, 0.15) is 0 Å². The fourth-order valence-corrected chi connectivity index (χ4v) is 2.88. The van der Waals surface area contributed by atoms with Gasteiger partial charge in [0.15, 0.2) is 0 Å². The first-order valence-electron chi connectivity index (χ1n) is 6.72. The second kappa shape index (κ2) is 6.42. The number of rotatable bonds is 5. The Hall–Kier alpha value is -0.530. The van der Waals surface area contributed by atoms with E-state index in [9.17, 15) is 0 Å². The SMILES string of the molecule is CC(Cc1cccc(Cl)c1)NCC1CCCC1. The predicted molar refractivity (Wildman–Crippen MR) is 74.6 cm³/mol. The van der Waals surface area contributed by atoms with Gasteiger partial charge in [0, 0.05) is 11.1 Å². The van der Waals surface area contributed by atoms with E-state index in [-0.39, 0.29) is 0 Å². The molecule has 2 heteroatoms. The highest BCUT2D eigenvalue weighted by atomic mass is 35.5. The fourth-order valence-electron chi connectivity index (χ4n) is 2.67. The largest absolute Gasteiger partial charge is 0.314 e. The van der Waals surface area contributed by atoms with Gasteiger partial charge in [0.25, 0.3) is 0 Å². The van der Waals surface area contributed by atoms with E-state index in [2.05, 4.69) is 24.4 Å². The van der Waals surface area contributed by atoms with E-state index in [0.717, 1.165) is 17.4 Å². The van der Waals surface area contributed by atoms with Gasteiger partial charge in [-0.1, -0.05) is 36.6 Å². The maximum absolute atomic E-state index is 5.99. The summed E-state index contributed by atoms with van der Waals surface area (Å²) in [6, 6.07) is 8.71.